The Balaban J connectivity index is 1.33. The van der Waals surface area contributed by atoms with Crippen LogP contribution < -0.4 is 14.8 Å². The first-order valence-corrected chi connectivity index (χ1v) is 9.16. The van der Waals surface area contributed by atoms with Gasteiger partial charge >= 0.3 is 0 Å². The maximum atomic E-state index is 5.86. The van der Waals surface area contributed by atoms with Crippen LogP contribution >= 0.6 is 0 Å². The van der Waals surface area contributed by atoms with Crippen molar-refractivity contribution in [2.75, 3.05) is 39.4 Å². The predicted octanol–water partition coefficient (Wildman–Crippen LogP) is 2.93. The van der Waals surface area contributed by atoms with Gasteiger partial charge in [-0.3, -0.25) is 4.90 Å². The average Bonchev–Trinajstić information content (AvgIpc) is 3.12. The molecule has 0 aromatic heterocycles. The van der Waals surface area contributed by atoms with Crippen LogP contribution in [0.4, 0.5) is 0 Å². The molecule has 1 atom stereocenters. The number of benzene rings is 1. The summed E-state index contributed by atoms with van der Waals surface area (Å²) in [7, 11) is 0. The summed E-state index contributed by atoms with van der Waals surface area (Å²) < 4.78 is 11.3. The number of hydrogen-bond acceptors (Lipinski definition) is 4. The van der Waals surface area contributed by atoms with Gasteiger partial charge in [-0.25, -0.2) is 0 Å². The van der Waals surface area contributed by atoms with Crippen molar-refractivity contribution in [2.24, 2.45) is 5.92 Å². The van der Waals surface area contributed by atoms with Crippen LogP contribution in [0.1, 0.15) is 32.6 Å². The molecule has 0 radical (unpaired) electrons. The van der Waals surface area contributed by atoms with Gasteiger partial charge in [0.1, 0.15) is 18.1 Å². The molecule has 0 saturated carbocycles. The molecule has 3 rings (SSSR count). The minimum atomic E-state index is 0.701. The summed E-state index contributed by atoms with van der Waals surface area (Å²) in [6.07, 6.45) is 5.41. The van der Waals surface area contributed by atoms with Crippen molar-refractivity contribution in [3.05, 3.63) is 24.3 Å². The minimum Gasteiger partial charge on any atom is -0.494 e. The molecule has 1 aromatic carbocycles. The maximum Gasteiger partial charge on any atom is 0.119 e. The van der Waals surface area contributed by atoms with Gasteiger partial charge in [0.15, 0.2) is 0 Å². The summed E-state index contributed by atoms with van der Waals surface area (Å²) >= 11 is 0. The van der Waals surface area contributed by atoms with E-state index in [1.165, 1.54) is 45.3 Å². The van der Waals surface area contributed by atoms with Gasteiger partial charge in [-0.05, 0) is 82.4 Å². The highest BCUT2D eigenvalue weighted by molar-refractivity contribution is 5.31. The van der Waals surface area contributed by atoms with Crippen LogP contribution in [0.15, 0.2) is 24.3 Å². The molecule has 0 spiro atoms. The van der Waals surface area contributed by atoms with E-state index in [2.05, 4.69) is 10.2 Å². The fourth-order valence-corrected chi connectivity index (χ4v) is 3.78. The van der Waals surface area contributed by atoms with Crippen molar-refractivity contribution >= 4 is 0 Å². The lowest BCUT2D eigenvalue weighted by Crippen LogP contribution is -2.42. The second-order valence-corrected chi connectivity index (χ2v) is 6.63. The number of rotatable bonds is 7. The maximum absolute atomic E-state index is 5.86. The SMILES string of the molecule is CCOc1ccc(OCCN2CCC(C3CCCN3)CC2)cc1. The molecule has 1 N–H and O–H groups in total. The van der Waals surface area contributed by atoms with Gasteiger partial charge in [0.25, 0.3) is 0 Å². The molecule has 0 amide bonds. The third-order valence-electron chi connectivity index (χ3n) is 5.11. The molecule has 2 heterocycles. The Morgan fingerprint density at radius 2 is 1.74 bits per heavy atom. The summed E-state index contributed by atoms with van der Waals surface area (Å²) in [6.45, 7) is 8.15. The van der Waals surface area contributed by atoms with E-state index < -0.39 is 0 Å². The molecule has 2 aliphatic heterocycles. The number of hydrogen-bond donors (Lipinski definition) is 1. The predicted molar refractivity (Wildman–Crippen MR) is 93.3 cm³/mol. The molecule has 1 unspecified atom stereocenters. The fraction of sp³-hybridized carbons (Fsp3) is 0.684. The third kappa shape index (κ3) is 4.85. The quantitative estimate of drug-likeness (QED) is 0.838. The largest absolute Gasteiger partial charge is 0.494 e. The highest BCUT2D eigenvalue weighted by Crippen LogP contribution is 2.25. The van der Waals surface area contributed by atoms with E-state index in [9.17, 15) is 0 Å². The summed E-state index contributed by atoms with van der Waals surface area (Å²) in [4.78, 5) is 2.54. The van der Waals surface area contributed by atoms with Crippen molar-refractivity contribution in [2.45, 2.75) is 38.6 Å². The average molecular weight is 318 g/mol. The minimum absolute atomic E-state index is 0.701. The number of likely N-dealkylation sites (tertiary alicyclic amines) is 1. The van der Waals surface area contributed by atoms with Crippen LogP contribution in [0.25, 0.3) is 0 Å². The first kappa shape index (κ1) is 16.6. The zero-order valence-electron chi connectivity index (χ0n) is 14.3. The molecule has 1 aromatic rings. The molecule has 2 fully saturated rings. The Morgan fingerprint density at radius 1 is 1.04 bits per heavy atom. The van der Waals surface area contributed by atoms with Crippen LogP contribution in [0.3, 0.4) is 0 Å². The van der Waals surface area contributed by atoms with Crippen molar-refractivity contribution in [3.63, 3.8) is 0 Å². The zero-order chi connectivity index (χ0) is 15.9. The van der Waals surface area contributed by atoms with Gasteiger partial charge in [-0.2, -0.15) is 0 Å². The Bertz CT molecular complexity index is 449. The highest BCUT2D eigenvalue weighted by atomic mass is 16.5. The number of nitrogens with zero attached hydrogens (tertiary/aromatic N) is 1. The fourth-order valence-electron chi connectivity index (χ4n) is 3.78. The van der Waals surface area contributed by atoms with Crippen molar-refractivity contribution in [3.8, 4) is 11.5 Å². The van der Waals surface area contributed by atoms with E-state index in [0.717, 1.165) is 36.6 Å². The molecule has 4 nitrogen and oxygen atoms in total. The molecule has 0 bridgehead atoms. The third-order valence-corrected chi connectivity index (χ3v) is 5.11. The first-order valence-electron chi connectivity index (χ1n) is 9.16. The Labute approximate surface area is 140 Å². The first-order chi connectivity index (χ1) is 11.3. The van der Waals surface area contributed by atoms with E-state index in [1.54, 1.807) is 0 Å². The van der Waals surface area contributed by atoms with Gasteiger partial charge in [0.05, 0.1) is 6.61 Å². The molecule has 2 aliphatic rings. The molecule has 4 heteroatoms. The van der Waals surface area contributed by atoms with Crippen LogP contribution in [0, 0.1) is 5.92 Å². The molecule has 128 valence electrons. The monoisotopic (exact) mass is 318 g/mol. The van der Waals surface area contributed by atoms with Crippen molar-refractivity contribution in [1.29, 1.82) is 0 Å². The van der Waals surface area contributed by atoms with Gasteiger partial charge in [-0.1, -0.05) is 0 Å². The normalized spacial score (nSPS) is 23.1. The number of piperidine rings is 1. The van der Waals surface area contributed by atoms with Crippen LogP contribution in [0.2, 0.25) is 0 Å². The second kappa shape index (κ2) is 8.55. The molecule has 2 saturated heterocycles. The Kier molecular flexibility index (Phi) is 6.17. The Morgan fingerprint density at radius 3 is 2.35 bits per heavy atom. The van der Waals surface area contributed by atoms with Gasteiger partial charge < -0.3 is 14.8 Å². The van der Waals surface area contributed by atoms with Crippen molar-refractivity contribution in [1.82, 2.24) is 10.2 Å². The lowest BCUT2D eigenvalue weighted by atomic mass is 9.88. The smallest absolute Gasteiger partial charge is 0.119 e. The van der Waals surface area contributed by atoms with E-state index in [4.69, 9.17) is 9.47 Å². The van der Waals surface area contributed by atoms with Gasteiger partial charge in [0, 0.05) is 12.6 Å². The van der Waals surface area contributed by atoms with Gasteiger partial charge in [-0.15, -0.1) is 0 Å². The highest BCUT2D eigenvalue weighted by Gasteiger charge is 2.28. The molecule has 23 heavy (non-hydrogen) atoms. The van der Waals surface area contributed by atoms with Crippen molar-refractivity contribution < 1.29 is 9.47 Å². The van der Waals surface area contributed by atoms with E-state index in [1.807, 2.05) is 31.2 Å². The van der Waals surface area contributed by atoms with E-state index in [-0.39, 0.29) is 0 Å². The summed E-state index contributed by atoms with van der Waals surface area (Å²) in [5.41, 5.74) is 0. The van der Waals surface area contributed by atoms with Gasteiger partial charge in [0.2, 0.25) is 0 Å². The second-order valence-electron chi connectivity index (χ2n) is 6.63. The topological polar surface area (TPSA) is 33.7 Å². The number of nitrogens with one attached hydrogen (secondary N) is 1. The zero-order valence-corrected chi connectivity index (χ0v) is 14.3. The summed E-state index contributed by atoms with van der Waals surface area (Å²) in [5, 5.41) is 3.67. The van der Waals surface area contributed by atoms with E-state index in [0.29, 0.717) is 6.61 Å². The standard InChI is InChI=1S/C19H30N2O2/c1-2-22-17-5-7-18(8-6-17)23-15-14-21-12-9-16(10-13-21)19-4-3-11-20-19/h5-8,16,19-20H,2-4,9-15H2,1H3. The molecular weight excluding hydrogens is 288 g/mol. The van der Waals surface area contributed by atoms with Crippen LogP contribution in [-0.2, 0) is 0 Å². The lowest BCUT2D eigenvalue weighted by molar-refractivity contribution is 0.141. The summed E-state index contributed by atoms with van der Waals surface area (Å²) in [5.74, 6) is 2.72. The molecular formula is C19H30N2O2. The van der Waals surface area contributed by atoms with Crippen LogP contribution in [-0.4, -0.2) is 50.3 Å². The number of ether oxygens (including phenoxy) is 2. The Hall–Kier alpha value is -1.26. The lowest BCUT2D eigenvalue weighted by Gasteiger charge is -2.34. The van der Waals surface area contributed by atoms with Crippen LogP contribution in [0.5, 0.6) is 11.5 Å². The summed E-state index contributed by atoms with van der Waals surface area (Å²) in [6, 6.07) is 8.71. The van der Waals surface area contributed by atoms with E-state index >= 15 is 0 Å². The molecule has 0 aliphatic carbocycles.